The Morgan fingerprint density at radius 1 is 1.33 bits per heavy atom. The quantitative estimate of drug-likeness (QED) is 0.849. The van der Waals surface area contributed by atoms with Crippen molar-refractivity contribution in [1.29, 1.82) is 0 Å². The number of anilines is 1. The van der Waals surface area contributed by atoms with Crippen LogP contribution in [-0.2, 0) is 20.0 Å². The summed E-state index contributed by atoms with van der Waals surface area (Å²) in [5.41, 5.74) is 2.50. The predicted molar refractivity (Wildman–Crippen MR) is 82.2 cm³/mol. The molecule has 0 aliphatic carbocycles. The van der Waals surface area contributed by atoms with Gasteiger partial charge in [-0.1, -0.05) is 6.92 Å². The van der Waals surface area contributed by atoms with Gasteiger partial charge in [-0.3, -0.25) is 9.48 Å². The standard InChI is InChI=1S/C15H21N5O/c1-4-13-6-12(7-14(19-13)16-5-2)15(21)17-8-11-9-18-20(3)10-11/h6-7,9-10H,4-5,8H2,1-3H3,(H,16,19)(H,17,21). The third-order valence-corrected chi connectivity index (χ3v) is 3.07. The van der Waals surface area contributed by atoms with Crippen LogP contribution in [0.25, 0.3) is 0 Å². The van der Waals surface area contributed by atoms with Crippen LogP contribution in [0.1, 0.15) is 35.5 Å². The van der Waals surface area contributed by atoms with E-state index in [0.717, 1.165) is 30.0 Å². The van der Waals surface area contributed by atoms with Crippen LogP contribution in [0.5, 0.6) is 0 Å². The summed E-state index contributed by atoms with van der Waals surface area (Å²) < 4.78 is 1.71. The summed E-state index contributed by atoms with van der Waals surface area (Å²) in [6.07, 6.45) is 4.42. The normalized spacial score (nSPS) is 10.4. The van der Waals surface area contributed by atoms with Gasteiger partial charge in [-0.25, -0.2) is 4.98 Å². The number of carbonyl (C=O) groups is 1. The number of amides is 1. The van der Waals surface area contributed by atoms with Crippen molar-refractivity contribution in [3.8, 4) is 0 Å². The summed E-state index contributed by atoms with van der Waals surface area (Å²) in [7, 11) is 1.85. The third-order valence-electron chi connectivity index (χ3n) is 3.07. The van der Waals surface area contributed by atoms with Crippen LogP contribution in [0, 0.1) is 0 Å². The van der Waals surface area contributed by atoms with E-state index in [1.165, 1.54) is 0 Å². The number of aryl methyl sites for hydroxylation is 2. The highest BCUT2D eigenvalue weighted by Gasteiger charge is 2.09. The zero-order valence-corrected chi connectivity index (χ0v) is 12.7. The molecule has 0 saturated heterocycles. The maximum absolute atomic E-state index is 12.3. The van der Waals surface area contributed by atoms with Gasteiger partial charge in [0.05, 0.1) is 6.20 Å². The molecule has 0 unspecified atom stereocenters. The first-order valence-electron chi connectivity index (χ1n) is 7.13. The highest BCUT2D eigenvalue weighted by atomic mass is 16.1. The van der Waals surface area contributed by atoms with Gasteiger partial charge in [0.25, 0.3) is 5.91 Å². The van der Waals surface area contributed by atoms with Crippen molar-refractivity contribution >= 4 is 11.7 Å². The minimum Gasteiger partial charge on any atom is -0.370 e. The summed E-state index contributed by atoms with van der Waals surface area (Å²) in [5, 5.41) is 10.1. The van der Waals surface area contributed by atoms with Crippen molar-refractivity contribution < 1.29 is 4.79 Å². The number of nitrogens with zero attached hydrogens (tertiary/aromatic N) is 3. The summed E-state index contributed by atoms with van der Waals surface area (Å²) >= 11 is 0. The van der Waals surface area contributed by atoms with Crippen LogP contribution in [0.15, 0.2) is 24.5 Å². The molecule has 0 spiro atoms. The number of aromatic nitrogens is 3. The van der Waals surface area contributed by atoms with Crippen LogP contribution < -0.4 is 10.6 Å². The summed E-state index contributed by atoms with van der Waals surface area (Å²) in [4.78, 5) is 16.7. The van der Waals surface area contributed by atoms with Gasteiger partial charge in [-0.05, 0) is 25.5 Å². The van der Waals surface area contributed by atoms with Crippen LogP contribution in [0.3, 0.4) is 0 Å². The molecule has 2 rings (SSSR count). The maximum atomic E-state index is 12.3. The number of rotatable bonds is 6. The van der Waals surface area contributed by atoms with Crippen LogP contribution in [0.4, 0.5) is 5.82 Å². The van der Waals surface area contributed by atoms with Crippen LogP contribution >= 0.6 is 0 Å². The maximum Gasteiger partial charge on any atom is 0.251 e. The number of pyridine rings is 1. The molecule has 6 heteroatoms. The Bertz CT molecular complexity index is 620. The lowest BCUT2D eigenvalue weighted by Crippen LogP contribution is -2.23. The Hall–Kier alpha value is -2.37. The lowest BCUT2D eigenvalue weighted by atomic mass is 10.1. The Balaban J connectivity index is 2.08. The van der Waals surface area contributed by atoms with Gasteiger partial charge in [0, 0.05) is 43.2 Å². The van der Waals surface area contributed by atoms with E-state index in [0.29, 0.717) is 12.1 Å². The van der Waals surface area contributed by atoms with Crippen molar-refractivity contribution in [1.82, 2.24) is 20.1 Å². The first-order chi connectivity index (χ1) is 10.1. The Morgan fingerprint density at radius 3 is 2.76 bits per heavy atom. The van der Waals surface area contributed by atoms with Crippen molar-refractivity contribution in [2.75, 3.05) is 11.9 Å². The zero-order chi connectivity index (χ0) is 15.2. The van der Waals surface area contributed by atoms with Gasteiger partial charge >= 0.3 is 0 Å². The fourth-order valence-corrected chi connectivity index (χ4v) is 2.02. The molecule has 2 N–H and O–H groups in total. The van der Waals surface area contributed by atoms with Gasteiger partial charge < -0.3 is 10.6 Å². The second kappa shape index (κ2) is 6.88. The fraction of sp³-hybridized carbons (Fsp3) is 0.400. The van der Waals surface area contributed by atoms with Crippen molar-refractivity contribution in [2.45, 2.75) is 26.8 Å². The van der Waals surface area contributed by atoms with Crippen LogP contribution in [0.2, 0.25) is 0 Å². The second-order valence-electron chi connectivity index (χ2n) is 4.82. The highest BCUT2D eigenvalue weighted by molar-refractivity contribution is 5.94. The molecular formula is C15H21N5O. The largest absolute Gasteiger partial charge is 0.370 e. The molecule has 1 amide bonds. The van der Waals surface area contributed by atoms with Crippen molar-refractivity contribution in [3.63, 3.8) is 0 Å². The smallest absolute Gasteiger partial charge is 0.251 e. The van der Waals surface area contributed by atoms with Gasteiger partial charge in [-0.15, -0.1) is 0 Å². The number of hydrogen-bond donors (Lipinski definition) is 2. The van der Waals surface area contributed by atoms with E-state index in [2.05, 4.69) is 20.7 Å². The number of carbonyl (C=O) groups excluding carboxylic acids is 1. The average molecular weight is 287 g/mol. The van der Waals surface area contributed by atoms with Crippen LogP contribution in [-0.4, -0.2) is 27.2 Å². The van der Waals surface area contributed by atoms with E-state index >= 15 is 0 Å². The van der Waals surface area contributed by atoms with Crippen molar-refractivity contribution in [3.05, 3.63) is 41.3 Å². The van der Waals surface area contributed by atoms with Gasteiger partial charge in [-0.2, -0.15) is 5.10 Å². The highest BCUT2D eigenvalue weighted by Crippen LogP contribution is 2.11. The van der Waals surface area contributed by atoms with E-state index < -0.39 is 0 Å². The first kappa shape index (κ1) is 15.0. The van der Waals surface area contributed by atoms with Gasteiger partial charge in [0.15, 0.2) is 0 Å². The molecule has 0 saturated carbocycles. The fourth-order valence-electron chi connectivity index (χ4n) is 2.02. The van der Waals surface area contributed by atoms with Gasteiger partial charge in [0.1, 0.15) is 5.82 Å². The predicted octanol–water partition coefficient (Wildman–Crippen LogP) is 1.74. The molecular weight excluding hydrogens is 266 g/mol. The van der Waals surface area contributed by atoms with E-state index in [9.17, 15) is 4.79 Å². The number of nitrogens with one attached hydrogen (secondary N) is 2. The molecule has 0 bridgehead atoms. The van der Waals surface area contributed by atoms with Crippen molar-refractivity contribution in [2.24, 2.45) is 7.05 Å². The number of hydrogen-bond acceptors (Lipinski definition) is 4. The lowest BCUT2D eigenvalue weighted by Gasteiger charge is -2.09. The molecule has 0 atom stereocenters. The Kier molecular flexibility index (Phi) is 4.92. The monoisotopic (exact) mass is 287 g/mol. The lowest BCUT2D eigenvalue weighted by molar-refractivity contribution is 0.0950. The van der Waals surface area contributed by atoms with E-state index in [1.54, 1.807) is 16.9 Å². The molecule has 2 aromatic rings. The molecule has 2 aromatic heterocycles. The molecule has 6 nitrogen and oxygen atoms in total. The Morgan fingerprint density at radius 2 is 2.14 bits per heavy atom. The zero-order valence-electron chi connectivity index (χ0n) is 12.7. The molecule has 0 aromatic carbocycles. The van der Waals surface area contributed by atoms with Gasteiger partial charge in [0.2, 0.25) is 0 Å². The summed E-state index contributed by atoms with van der Waals surface area (Å²) in [6, 6.07) is 3.61. The molecule has 21 heavy (non-hydrogen) atoms. The minimum atomic E-state index is -0.102. The third kappa shape index (κ3) is 4.05. The minimum absolute atomic E-state index is 0.102. The molecule has 0 aliphatic heterocycles. The molecule has 0 fully saturated rings. The van der Waals surface area contributed by atoms with E-state index in [1.807, 2.05) is 33.2 Å². The average Bonchev–Trinajstić information content (AvgIpc) is 2.90. The topological polar surface area (TPSA) is 71.8 Å². The Labute approximate surface area is 124 Å². The van der Waals surface area contributed by atoms with E-state index in [4.69, 9.17) is 0 Å². The molecule has 2 heterocycles. The molecule has 0 aliphatic rings. The SMILES string of the molecule is CCNc1cc(C(=O)NCc2cnn(C)c2)cc(CC)n1. The van der Waals surface area contributed by atoms with E-state index in [-0.39, 0.29) is 5.91 Å². The first-order valence-corrected chi connectivity index (χ1v) is 7.13. The summed E-state index contributed by atoms with van der Waals surface area (Å²) in [5.74, 6) is 0.637. The molecule has 0 radical (unpaired) electrons. The molecule has 112 valence electrons. The second-order valence-corrected chi connectivity index (χ2v) is 4.82. The summed E-state index contributed by atoms with van der Waals surface area (Å²) in [6.45, 7) is 5.27.